The minimum atomic E-state index is 0.0752. The number of aliphatic imine (C=N–C) groups is 1. The van der Waals surface area contributed by atoms with Crippen molar-refractivity contribution in [3.05, 3.63) is 29.8 Å². The van der Waals surface area contributed by atoms with Crippen molar-refractivity contribution in [3.8, 4) is 0 Å². The van der Waals surface area contributed by atoms with Gasteiger partial charge >= 0.3 is 0 Å². The molecule has 2 heteroatoms. The number of Topliss-reactive ketones (excluding diaryl/α,β-unsaturated/α-hetero) is 1. The molecule has 1 aromatic rings. The maximum Gasteiger partial charge on any atom is 0.174 e. The second-order valence-corrected chi connectivity index (χ2v) is 2.92. The first-order valence-corrected chi connectivity index (χ1v) is 3.94. The lowest BCUT2D eigenvalue weighted by Gasteiger charge is -1.92. The Morgan fingerprint density at radius 1 is 1.42 bits per heavy atom. The summed E-state index contributed by atoms with van der Waals surface area (Å²) in [5.74, 6) is 0.0752. The molecule has 0 aromatic heterocycles. The van der Waals surface area contributed by atoms with Crippen molar-refractivity contribution in [3.63, 3.8) is 0 Å². The molecule has 0 aliphatic carbocycles. The highest BCUT2D eigenvalue weighted by Crippen LogP contribution is 2.25. The Bertz CT molecular complexity index is 366. The second kappa shape index (κ2) is 2.55. The number of para-hydroxylation sites is 1. The molecule has 0 radical (unpaired) electrons. The molecule has 1 aromatic carbocycles. The van der Waals surface area contributed by atoms with Crippen LogP contribution in [0.15, 0.2) is 29.3 Å². The first kappa shape index (κ1) is 7.22. The van der Waals surface area contributed by atoms with Gasteiger partial charge in [0.2, 0.25) is 0 Å². The van der Waals surface area contributed by atoms with Crippen molar-refractivity contribution in [2.75, 3.05) is 0 Å². The van der Waals surface area contributed by atoms with Crippen LogP contribution in [0.4, 0.5) is 5.69 Å². The van der Waals surface area contributed by atoms with Gasteiger partial charge in [0.15, 0.2) is 5.78 Å². The third-order valence-corrected chi connectivity index (χ3v) is 2.01. The van der Waals surface area contributed by atoms with Gasteiger partial charge in [-0.1, -0.05) is 18.2 Å². The maximum absolute atomic E-state index is 11.0. The van der Waals surface area contributed by atoms with E-state index in [2.05, 4.69) is 4.99 Å². The van der Waals surface area contributed by atoms with Crippen molar-refractivity contribution < 1.29 is 4.79 Å². The molecule has 0 fully saturated rings. The quantitative estimate of drug-likeness (QED) is 0.615. The number of benzene rings is 1. The normalized spacial score (nSPS) is 13.9. The average Bonchev–Trinajstić information content (AvgIpc) is 2.46. The highest BCUT2D eigenvalue weighted by molar-refractivity contribution is 6.40. The Morgan fingerprint density at radius 3 is 2.83 bits per heavy atom. The summed E-state index contributed by atoms with van der Waals surface area (Å²) in [6, 6.07) is 7.85. The number of carbonyl (C=O) groups is 1. The van der Waals surface area contributed by atoms with Crippen molar-refractivity contribution in [1.29, 1.82) is 0 Å². The predicted octanol–water partition coefficient (Wildman–Crippen LogP) is 1.90. The zero-order valence-corrected chi connectivity index (χ0v) is 6.87. The van der Waals surface area contributed by atoms with Gasteiger partial charge in [-0.15, -0.1) is 0 Å². The lowest BCUT2D eigenvalue weighted by molar-refractivity contribution is -0.111. The third kappa shape index (κ3) is 1.05. The number of ketones is 1. The van der Waals surface area contributed by atoms with Crippen LogP contribution in [-0.4, -0.2) is 11.5 Å². The van der Waals surface area contributed by atoms with Crippen LogP contribution in [-0.2, 0) is 11.2 Å². The summed E-state index contributed by atoms with van der Waals surface area (Å²) in [7, 11) is 0. The SMILES string of the molecule is CC(=O)C1=Nc2ccccc2C1. The molecule has 0 unspecified atom stereocenters. The third-order valence-electron chi connectivity index (χ3n) is 2.01. The molecule has 0 spiro atoms. The smallest absolute Gasteiger partial charge is 0.174 e. The van der Waals surface area contributed by atoms with Crippen molar-refractivity contribution in [2.24, 2.45) is 4.99 Å². The molecule has 0 bridgehead atoms. The largest absolute Gasteiger partial charge is 0.293 e. The molecule has 0 saturated carbocycles. The Hall–Kier alpha value is -1.44. The van der Waals surface area contributed by atoms with Gasteiger partial charge in [0, 0.05) is 13.3 Å². The highest BCUT2D eigenvalue weighted by atomic mass is 16.1. The van der Waals surface area contributed by atoms with Gasteiger partial charge in [-0.2, -0.15) is 0 Å². The summed E-state index contributed by atoms with van der Waals surface area (Å²) in [6.07, 6.45) is 0.700. The van der Waals surface area contributed by atoms with Crippen molar-refractivity contribution >= 4 is 17.2 Å². The number of hydrogen-bond donors (Lipinski definition) is 0. The van der Waals surface area contributed by atoms with Crippen molar-refractivity contribution in [2.45, 2.75) is 13.3 Å². The first-order valence-electron chi connectivity index (χ1n) is 3.94. The fourth-order valence-electron chi connectivity index (χ4n) is 1.34. The standard InChI is InChI=1S/C10H9NO/c1-7(12)10-6-8-4-2-3-5-9(8)11-10/h2-5H,6H2,1H3. The molecule has 0 saturated heterocycles. The van der Waals surface area contributed by atoms with Crippen LogP contribution in [0, 0.1) is 0 Å². The van der Waals surface area contributed by atoms with E-state index < -0.39 is 0 Å². The van der Waals surface area contributed by atoms with Crippen LogP contribution in [0.5, 0.6) is 0 Å². The van der Waals surface area contributed by atoms with E-state index >= 15 is 0 Å². The Balaban J connectivity index is 2.41. The number of carbonyl (C=O) groups excluding carboxylic acids is 1. The summed E-state index contributed by atoms with van der Waals surface area (Å²) in [5.41, 5.74) is 2.78. The molecule has 1 aliphatic heterocycles. The molecule has 0 atom stereocenters. The first-order chi connectivity index (χ1) is 5.77. The fourth-order valence-corrected chi connectivity index (χ4v) is 1.34. The second-order valence-electron chi connectivity index (χ2n) is 2.92. The van der Waals surface area contributed by atoms with Gasteiger partial charge in [0.25, 0.3) is 0 Å². The van der Waals surface area contributed by atoms with E-state index in [4.69, 9.17) is 0 Å². The van der Waals surface area contributed by atoms with E-state index in [0.717, 1.165) is 11.3 Å². The molecule has 60 valence electrons. The van der Waals surface area contributed by atoms with E-state index in [0.29, 0.717) is 12.1 Å². The topological polar surface area (TPSA) is 29.4 Å². The lowest BCUT2D eigenvalue weighted by atomic mass is 10.1. The summed E-state index contributed by atoms with van der Waals surface area (Å²) < 4.78 is 0. The van der Waals surface area contributed by atoms with Crippen LogP contribution < -0.4 is 0 Å². The average molecular weight is 159 g/mol. The minimum Gasteiger partial charge on any atom is -0.293 e. The molecule has 0 amide bonds. The van der Waals surface area contributed by atoms with E-state index in [1.165, 1.54) is 0 Å². The Labute approximate surface area is 70.9 Å². The Kier molecular flexibility index (Phi) is 1.54. The Morgan fingerprint density at radius 2 is 2.17 bits per heavy atom. The van der Waals surface area contributed by atoms with Gasteiger partial charge in [-0.25, -0.2) is 4.99 Å². The van der Waals surface area contributed by atoms with Crippen LogP contribution in [0.1, 0.15) is 12.5 Å². The molecule has 2 rings (SSSR count). The van der Waals surface area contributed by atoms with Gasteiger partial charge in [0.05, 0.1) is 11.4 Å². The van der Waals surface area contributed by atoms with Crippen LogP contribution in [0.25, 0.3) is 0 Å². The van der Waals surface area contributed by atoms with Crippen LogP contribution >= 0.6 is 0 Å². The van der Waals surface area contributed by atoms with Gasteiger partial charge in [0.1, 0.15) is 0 Å². The monoisotopic (exact) mass is 159 g/mol. The van der Waals surface area contributed by atoms with Gasteiger partial charge < -0.3 is 0 Å². The van der Waals surface area contributed by atoms with Crippen LogP contribution in [0.3, 0.4) is 0 Å². The summed E-state index contributed by atoms with van der Waals surface area (Å²) in [4.78, 5) is 15.2. The molecule has 1 aliphatic rings. The summed E-state index contributed by atoms with van der Waals surface area (Å²) in [6.45, 7) is 1.56. The van der Waals surface area contributed by atoms with E-state index in [9.17, 15) is 4.79 Å². The molecular formula is C10H9NO. The van der Waals surface area contributed by atoms with E-state index in [-0.39, 0.29) is 5.78 Å². The number of nitrogens with zero attached hydrogens (tertiary/aromatic N) is 1. The number of fused-ring (bicyclic) bond motifs is 1. The van der Waals surface area contributed by atoms with Crippen LogP contribution in [0.2, 0.25) is 0 Å². The predicted molar refractivity (Wildman–Crippen MR) is 47.9 cm³/mol. The van der Waals surface area contributed by atoms with Gasteiger partial charge in [-0.3, -0.25) is 4.79 Å². The highest BCUT2D eigenvalue weighted by Gasteiger charge is 2.16. The molecule has 2 nitrogen and oxygen atoms in total. The van der Waals surface area contributed by atoms with Crippen molar-refractivity contribution in [1.82, 2.24) is 0 Å². The number of rotatable bonds is 1. The zero-order chi connectivity index (χ0) is 8.55. The lowest BCUT2D eigenvalue weighted by Crippen LogP contribution is -2.08. The molecule has 0 N–H and O–H groups in total. The maximum atomic E-state index is 11.0. The minimum absolute atomic E-state index is 0.0752. The van der Waals surface area contributed by atoms with E-state index in [1.807, 2.05) is 24.3 Å². The molecular weight excluding hydrogens is 150 g/mol. The fraction of sp³-hybridized carbons (Fsp3) is 0.200. The zero-order valence-electron chi connectivity index (χ0n) is 6.87. The van der Waals surface area contributed by atoms with Gasteiger partial charge in [-0.05, 0) is 11.6 Å². The molecule has 12 heavy (non-hydrogen) atoms. The van der Waals surface area contributed by atoms with E-state index in [1.54, 1.807) is 6.92 Å². The summed E-state index contributed by atoms with van der Waals surface area (Å²) in [5, 5.41) is 0. The number of hydrogen-bond acceptors (Lipinski definition) is 2. The summed E-state index contributed by atoms with van der Waals surface area (Å²) >= 11 is 0. The molecule has 1 heterocycles.